The van der Waals surface area contributed by atoms with Gasteiger partial charge in [0.15, 0.2) is 0 Å². The van der Waals surface area contributed by atoms with Crippen LogP contribution in [0.15, 0.2) is 28.7 Å². The summed E-state index contributed by atoms with van der Waals surface area (Å²) in [7, 11) is 0. The molecule has 14 heavy (non-hydrogen) atoms. The molecule has 2 rings (SSSR count). The minimum Gasteiger partial charge on any atom is -0.384 e. The van der Waals surface area contributed by atoms with Crippen molar-refractivity contribution in [3.63, 3.8) is 0 Å². The van der Waals surface area contributed by atoms with Crippen molar-refractivity contribution < 1.29 is 5.11 Å². The van der Waals surface area contributed by atoms with Crippen molar-refractivity contribution >= 4 is 27.7 Å². The van der Waals surface area contributed by atoms with E-state index in [1.54, 1.807) is 0 Å². The molecule has 1 aromatic carbocycles. The van der Waals surface area contributed by atoms with Gasteiger partial charge in [0.25, 0.3) is 0 Å². The smallest absolute Gasteiger partial charge is 0.103 e. The first-order chi connectivity index (χ1) is 6.64. The van der Waals surface area contributed by atoms with E-state index < -0.39 is 5.60 Å². The van der Waals surface area contributed by atoms with Crippen LogP contribution in [0, 0.1) is 0 Å². The fraction of sp³-hybridized carbons (Fsp3) is 0.455. The van der Waals surface area contributed by atoms with Crippen LogP contribution < -0.4 is 0 Å². The third-order valence-electron chi connectivity index (χ3n) is 2.86. The van der Waals surface area contributed by atoms with E-state index >= 15 is 0 Å². The second kappa shape index (κ2) is 3.87. The Morgan fingerprint density at radius 2 is 2.21 bits per heavy atom. The van der Waals surface area contributed by atoms with Gasteiger partial charge in [-0.3, -0.25) is 0 Å². The van der Waals surface area contributed by atoms with E-state index in [9.17, 15) is 5.11 Å². The molecule has 1 heterocycles. The van der Waals surface area contributed by atoms with Gasteiger partial charge in [-0.1, -0.05) is 41.1 Å². The van der Waals surface area contributed by atoms with Gasteiger partial charge in [-0.2, -0.15) is 11.8 Å². The van der Waals surface area contributed by atoms with E-state index in [2.05, 4.69) is 22.9 Å². The zero-order valence-electron chi connectivity index (χ0n) is 8.03. The zero-order chi connectivity index (χ0) is 10.2. The molecule has 1 nitrogen and oxygen atoms in total. The lowest BCUT2D eigenvalue weighted by Gasteiger charge is -2.28. The van der Waals surface area contributed by atoms with E-state index in [1.165, 1.54) is 0 Å². The van der Waals surface area contributed by atoms with Crippen LogP contribution >= 0.6 is 27.7 Å². The lowest BCUT2D eigenvalue weighted by molar-refractivity contribution is 0.0420. The van der Waals surface area contributed by atoms with Crippen molar-refractivity contribution in [2.75, 3.05) is 5.75 Å². The number of rotatable bonds is 1. The summed E-state index contributed by atoms with van der Waals surface area (Å²) in [5.74, 6) is 1.04. The average Bonchev–Trinajstić information content (AvgIpc) is 2.49. The summed E-state index contributed by atoms with van der Waals surface area (Å²) < 4.78 is 1.01. The average molecular weight is 273 g/mol. The van der Waals surface area contributed by atoms with E-state index in [-0.39, 0.29) is 5.25 Å². The lowest BCUT2D eigenvalue weighted by atomic mass is 9.89. The zero-order valence-corrected chi connectivity index (χ0v) is 10.4. The van der Waals surface area contributed by atoms with Gasteiger partial charge in [0.1, 0.15) is 5.60 Å². The van der Waals surface area contributed by atoms with Crippen LogP contribution in [0.25, 0.3) is 0 Å². The highest BCUT2D eigenvalue weighted by atomic mass is 79.9. The van der Waals surface area contributed by atoms with Crippen molar-refractivity contribution in [1.29, 1.82) is 0 Å². The molecule has 2 atom stereocenters. The topological polar surface area (TPSA) is 20.2 Å². The molecule has 1 fully saturated rings. The highest BCUT2D eigenvalue weighted by Crippen LogP contribution is 2.45. The quantitative estimate of drug-likeness (QED) is 0.848. The summed E-state index contributed by atoms with van der Waals surface area (Å²) in [6.07, 6.45) is 0.849. The Morgan fingerprint density at radius 1 is 1.50 bits per heavy atom. The fourth-order valence-electron chi connectivity index (χ4n) is 1.90. The van der Waals surface area contributed by atoms with Crippen LogP contribution in [0.4, 0.5) is 0 Å². The van der Waals surface area contributed by atoms with Gasteiger partial charge in [0.2, 0.25) is 0 Å². The summed E-state index contributed by atoms with van der Waals surface area (Å²) >= 11 is 5.34. The molecule has 1 aliphatic rings. The predicted molar refractivity (Wildman–Crippen MR) is 64.6 cm³/mol. The molecule has 1 N–H and O–H groups in total. The number of thioether (sulfide) groups is 1. The van der Waals surface area contributed by atoms with Crippen LogP contribution in [-0.2, 0) is 5.60 Å². The Labute approximate surface area is 97.0 Å². The van der Waals surface area contributed by atoms with Crippen molar-refractivity contribution in [2.45, 2.75) is 24.2 Å². The van der Waals surface area contributed by atoms with E-state index in [0.29, 0.717) is 0 Å². The lowest BCUT2D eigenvalue weighted by Crippen LogP contribution is -2.31. The van der Waals surface area contributed by atoms with Crippen molar-refractivity contribution in [3.8, 4) is 0 Å². The minimum atomic E-state index is -0.648. The first-order valence-electron chi connectivity index (χ1n) is 4.73. The van der Waals surface area contributed by atoms with Crippen LogP contribution in [0.2, 0.25) is 0 Å². The minimum absolute atomic E-state index is 0.279. The van der Waals surface area contributed by atoms with Crippen LogP contribution in [0.3, 0.4) is 0 Å². The number of hydrogen-bond acceptors (Lipinski definition) is 2. The van der Waals surface area contributed by atoms with Crippen LogP contribution in [-0.4, -0.2) is 16.1 Å². The maximum Gasteiger partial charge on any atom is 0.103 e. The molecule has 0 saturated carbocycles. The van der Waals surface area contributed by atoms with Gasteiger partial charge in [-0.25, -0.2) is 0 Å². The Balaban J connectivity index is 2.43. The highest BCUT2D eigenvalue weighted by Gasteiger charge is 2.41. The van der Waals surface area contributed by atoms with Crippen molar-refractivity contribution in [1.82, 2.24) is 0 Å². The monoisotopic (exact) mass is 272 g/mol. The molecule has 0 aliphatic carbocycles. The van der Waals surface area contributed by atoms with Gasteiger partial charge in [0.05, 0.1) is 0 Å². The maximum atomic E-state index is 10.6. The predicted octanol–water partition coefficient (Wildman–Crippen LogP) is 3.16. The summed E-state index contributed by atoms with van der Waals surface area (Å²) in [5.41, 5.74) is 0.377. The standard InChI is InChI=1S/C11H13BrOS/c1-8-11(13,6-7-14-8)9-4-2-3-5-10(9)12/h2-5,8,13H,6-7H2,1H3/t8-,11-/m0/s1. The highest BCUT2D eigenvalue weighted by molar-refractivity contribution is 9.10. The Morgan fingerprint density at radius 3 is 2.79 bits per heavy atom. The Hall–Kier alpha value is 0.01000. The second-order valence-corrected chi connectivity index (χ2v) is 5.97. The number of benzene rings is 1. The second-order valence-electron chi connectivity index (χ2n) is 3.67. The van der Waals surface area contributed by atoms with Gasteiger partial charge in [-0.15, -0.1) is 0 Å². The van der Waals surface area contributed by atoms with E-state index in [0.717, 1.165) is 22.2 Å². The molecule has 76 valence electrons. The van der Waals surface area contributed by atoms with Crippen LogP contribution in [0.5, 0.6) is 0 Å². The normalized spacial score (nSPS) is 32.1. The number of halogens is 1. The fourth-order valence-corrected chi connectivity index (χ4v) is 3.83. The summed E-state index contributed by atoms with van der Waals surface area (Å²) in [4.78, 5) is 0. The SMILES string of the molecule is C[C@@H]1SCC[C@@]1(O)c1ccccc1Br. The molecule has 1 saturated heterocycles. The van der Waals surface area contributed by atoms with Gasteiger partial charge < -0.3 is 5.11 Å². The molecule has 1 aliphatic heterocycles. The molecule has 0 radical (unpaired) electrons. The molecule has 1 aromatic rings. The van der Waals surface area contributed by atoms with E-state index in [4.69, 9.17) is 0 Å². The third kappa shape index (κ3) is 1.62. The number of hydrogen-bond donors (Lipinski definition) is 1. The largest absolute Gasteiger partial charge is 0.384 e. The number of aliphatic hydroxyl groups is 1. The molecule has 0 bridgehead atoms. The Kier molecular flexibility index (Phi) is 2.91. The maximum absolute atomic E-state index is 10.6. The Bertz CT molecular complexity index is 342. The summed E-state index contributed by atoms with van der Waals surface area (Å²) in [5, 5.41) is 10.8. The molecule has 0 unspecified atom stereocenters. The van der Waals surface area contributed by atoms with Crippen LogP contribution in [0.1, 0.15) is 18.9 Å². The first-order valence-corrected chi connectivity index (χ1v) is 6.58. The summed E-state index contributed by atoms with van der Waals surface area (Å²) in [6, 6.07) is 7.95. The molecule has 0 amide bonds. The van der Waals surface area contributed by atoms with Crippen molar-refractivity contribution in [2.24, 2.45) is 0 Å². The van der Waals surface area contributed by atoms with E-state index in [1.807, 2.05) is 36.0 Å². The van der Waals surface area contributed by atoms with Gasteiger partial charge >= 0.3 is 0 Å². The molecular weight excluding hydrogens is 260 g/mol. The van der Waals surface area contributed by atoms with Gasteiger partial charge in [0, 0.05) is 9.72 Å². The first kappa shape index (κ1) is 10.5. The van der Waals surface area contributed by atoms with Crippen molar-refractivity contribution in [3.05, 3.63) is 34.3 Å². The van der Waals surface area contributed by atoms with Gasteiger partial charge in [-0.05, 0) is 23.8 Å². The molecule has 3 heteroatoms. The molecule has 0 aromatic heterocycles. The third-order valence-corrected chi connectivity index (χ3v) is 4.89. The summed E-state index contributed by atoms with van der Waals surface area (Å²) in [6.45, 7) is 2.09. The molecule has 0 spiro atoms. The molecular formula is C11H13BrOS.